The minimum absolute atomic E-state index is 0.107. The SMILES string of the molecule is CC(C)(C)c1ccc(COC(=O)/C=C/c2ccc(Cl)cc2Cl)cc1. The van der Waals surface area contributed by atoms with Crippen LogP contribution >= 0.6 is 23.2 Å². The van der Waals surface area contributed by atoms with Crippen molar-refractivity contribution in [1.82, 2.24) is 0 Å². The second-order valence-electron chi connectivity index (χ2n) is 6.55. The number of halogens is 2. The van der Waals surface area contributed by atoms with Crippen molar-refractivity contribution in [2.24, 2.45) is 0 Å². The fourth-order valence-electron chi connectivity index (χ4n) is 2.10. The smallest absolute Gasteiger partial charge is 0.331 e. The highest BCUT2D eigenvalue weighted by atomic mass is 35.5. The zero-order chi connectivity index (χ0) is 17.7. The Morgan fingerprint density at radius 3 is 2.33 bits per heavy atom. The lowest BCUT2D eigenvalue weighted by atomic mass is 9.87. The van der Waals surface area contributed by atoms with Gasteiger partial charge < -0.3 is 4.74 Å². The Bertz CT molecular complexity index is 741. The minimum atomic E-state index is -0.416. The first-order valence-electron chi connectivity index (χ1n) is 7.65. The lowest BCUT2D eigenvalue weighted by Crippen LogP contribution is -2.10. The third kappa shape index (κ3) is 5.40. The molecule has 2 nitrogen and oxygen atoms in total. The number of carbonyl (C=O) groups excluding carboxylic acids is 1. The molecular weight excluding hydrogens is 343 g/mol. The van der Waals surface area contributed by atoms with Gasteiger partial charge in [-0.15, -0.1) is 0 Å². The van der Waals surface area contributed by atoms with Crippen molar-refractivity contribution in [2.45, 2.75) is 32.8 Å². The largest absolute Gasteiger partial charge is 0.458 e. The molecule has 2 rings (SSSR count). The number of esters is 1. The number of benzene rings is 2. The van der Waals surface area contributed by atoms with Gasteiger partial charge in [-0.1, -0.05) is 74.3 Å². The molecule has 0 aliphatic rings. The summed E-state index contributed by atoms with van der Waals surface area (Å²) in [5, 5.41) is 1.04. The van der Waals surface area contributed by atoms with Crippen LogP contribution in [0.3, 0.4) is 0 Å². The number of carbonyl (C=O) groups is 1. The van der Waals surface area contributed by atoms with E-state index >= 15 is 0 Å². The van der Waals surface area contributed by atoms with Crippen LogP contribution in [0.15, 0.2) is 48.5 Å². The number of hydrogen-bond acceptors (Lipinski definition) is 2. The van der Waals surface area contributed by atoms with Crippen molar-refractivity contribution in [1.29, 1.82) is 0 Å². The van der Waals surface area contributed by atoms with Gasteiger partial charge in [-0.05, 0) is 40.3 Å². The average Bonchev–Trinajstić information content (AvgIpc) is 2.51. The molecule has 0 radical (unpaired) electrons. The van der Waals surface area contributed by atoms with E-state index in [4.69, 9.17) is 27.9 Å². The molecule has 0 aromatic heterocycles. The zero-order valence-electron chi connectivity index (χ0n) is 14.0. The zero-order valence-corrected chi connectivity index (χ0v) is 15.5. The van der Waals surface area contributed by atoms with E-state index in [2.05, 4.69) is 32.9 Å². The molecule has 0 fully saturated rings. The lowest BCUT2D eigenvalue weighted by Gasteiger charge is -2.19. The first-order valence-corrected chi connectivity index (χ1v) is 8.40. The number of rotatable bonds is 4. The molecule has 0 amide bonds. The summed E-state index contributed by atoms with van der Waals surface area (Å²) in [6, 6.07) is 13.2. The molecule has 0 aliphatic heterocycles. The summed E-state index contributed by atoms with van der Waals surface area (Å²) in [6.07, 6.45) is 2.97. The van der Waals surface area contributed by atoms with Crippen molar-refractivity contribution in [3.8, 4) is 0 Å². The maximum absolute atomic E-state index is 11.8. The van der Waals surface area contributed by atoms with E-state index in [1.54, 1.807) is 24.3 Å². The van der Waals surface area contributed by atoms with Gasteiger partial charge in [0, 0.05) is 16.1 Å². The summed E-state index contributed by atoms with van der Waals surface area (Å²) < 4.78 is 5.24. The van der Waals surface area contributed by atoms with Crippen molar-refractivity contribution in [3.63, 3.8) is 0 Å². The highest BCUT2D eigenvalue weighted by Gasteiger charge is 2.12. The molecule has 0 saturated heterocycles. The Kier molecular flexibility index (Phi) is 6.09. The molecule has 126 valence electrons. The molecule has 0 atom stereocenters. The van der Waals surface area contributed by atoms with E-state index in [1.807, 2.05) is 12.1 Å². The van der Waals surface area contributed by atoms with E-state index < -0.39 is 5.97 Å². The van der Waals surface area contributed by atoms with Crippen LogP contribution in [-0.2, 0) is 21.6 Å². The van der Waals surface area contributed by atoms with Gasteiger partial charge >= 0.3 is 5.97 Å². The summed E-state index contributed by atoms with van der Waals surface area (Å²) in [4.78, 5) is 11.8. The van der Waals surface area contributed by atoms with Gasteiger partial charge in [-0.2, -0.15) is 0 Å². The third-order valence-electron chi connectivity index (χ3n) is 3.56. The van der Waals surface area contributed by atoms with Crippen molar-refractivity contribution >= 4 is 35.2 Å². The van der Waals surface area contributed by atoms with Crippen molar-refractivity contribution < 1.29 is 9.53 Å². The molecule has 0 heterocycles. The predicted molar refractivity (Wildman–Crippen MR) is 100 cm³/mol. The quantitative estimate of drug-likeness (QED) is 0.488. The highest BCUT2D eigenvalue weighted by molar-refractivity contribution is 6.35. The molecule has 0 spiro atoms. The van der Waals surface area contributed by atoms with E-state index in [9.17, 15) is 4.79 Å². The molecule has 0 unspecified atom stereocenters. The normalized spacial score (nSPS) is 11.7. The van der Waals surface area contributed by atoms with Crippen LogP contribution in [0.4, 0.5) is 0 Å². The second kappa shape index (κ2) is 7.87. The van der Waals surface area contributed by atoms with Crippen molar-refractivity contribution in [2.75, 3.05) is 0 Å². The second-order valence-corrected chi connectivity index (χ2v) is 7.40. The standard InChI is InChI=1S/C20H20Cl2O2/c1-20(2,3)16-8-4-14(5-9-16)13-24-19(23)11-7-15-6-10-17(21)12-18(15)22/h4-12H,13H2,1-3H3/b11-7+. The van der Waals surface area contributed by atoms with Gasteiger partial charge in [0.1, 0.15) is 6.61 Å². The van der Waals surface area contributed by atoms with Crippen LogP contribution < -0.4 is 0 Å². The highest BCUT2D eigenvalue weighted by Crippen LogP contribution is 2.23. The maximum atomic E-state index is 11.8. The van der Waals surface area contributed by atoms with E-state index in [0.29, 0.717) is 15.6 Å². The van der Waals surface area contributed by atoms with Crippen LogP contribution in [0.5, 0.6) is 0 Å². The molecule has 0 aliphatic carbocycles. The van der Waals surface area contributed by atoms with Crippen LogP contribution in [0.2, 0.25) is 10.0 Å². The van der Waals surface area contributed by atoms with Crippen LogP contribution in [0, 0.1) is 0 Å². The molecule has 24 heavy (non-hydrogen) atoms. The molecule has 0 N–H and O–H groups in total. The fourth-order valence-corrected chi connectivity index (χ4v) is 2.57. The monoisotopic (exact) mass is 362 g/mol. The van der Waals surface area contributed by atoms with Crippen LogP contribution in [-0.4, -0.2) is 5.97 Å². The summed E-state index contributed by atoms with van der Waals surface area (Å²) in [7, 11) is 0. The van der Waals surface area contributed by atoms with Crippen molar-refractivity contribution in [3.05, 3.63) is 75.3 Å². The van der Waals surface area contributed by atoms with Gasteiger partial charge in [0.15, 0.2) is 0 Å². The van der Waals surface area contributed by atoms with Gasteiger partial charge in [0.05, 0.1) is 0 Å². The Balaban J connectivity index is 1.92. The van der Waals surface area contributed by atoms with E-state index in [1.165, 1.54) is 11.6 Å². The van der Waals surface area contributed by atoms with E-state index in [0.717, 1.165) is 5.56 Å². The lowest BCUT2D eigenvalue weighted by molar-refractivity contribution is -0.138. The van der Waals surface area contributed by atoms with Gasteiger partial charge in [-0.25, -0.2) is 4.79 Å². The summed E-state index contributed by atoms with van der Waals surface area (Å²) in [5.41, 5.74) is 3.02. The molecule has 2 aromatic rings. The van der Waals surface area contributed by atoms with Crippen LogP contribution in [0.25, 0.3) is 6.08 Å². The predicted octanol–water partition coefficient (Wildman–Crippen LogP) is 6.05. The Morgan fingerprint density at radius 1 is 1.08 bits per heavy atom. The first kappa shape index (κ1) is 18.6. The van der Waals surface area contributed by atoms with Gasteiger partial charge in [0.25, 0.3) is 0 Å². The molecule has 4 heteroatoms. The Hall–Kier alpha value is -1.77. The average molecular weight is 363 g/mol. The fraction of sp³-hybridized carbons (Fsp3) is 0.250. The Morgan fingerprint density at radius 2 is 1.75 bits per heavy atom. The first-order chi connectivity index (χ1) is 11.3. The Labute approximate surface area is 153 Å². The summed E-state index contributed by atoms with van der Waals surface area (Å²) >= 11 is 11.9. The molecular formula is C20H20Cl2O2. The minimum Gasteiger partial charge on any atom is -0.458 e. The molecule has 0 saturated carbocycles. The number of ether oxygens (including phenoxy) is 1. The van der Waals surface area contributed by atoms with Gasteiger partial charge in [-0.3, -0.25) is 0 Å². The topological polar surface area (TPSA) is 26.3 Å². The summed E-state index contributed by atoms with van der Waals surface area (Å²) in [6.45, 7) is 6.72. The number of hydrogen-bond donors (Lipinski definition) is 0. The van der Waals surface area contributed by atoms with Crippen LogP contribution in [0.1, 0.15) is 37.5 Å². The third-order valence-corrected chi connectivity index (χ3v) is 4.12. The van der Waals surface area contributed by atoms with E-state index in [-0.39, 0.29) is 12.0 Å². The molecule has 2 aromatic carbocycles. The maximum Gasteiger partial charge on any atom is 0.331 e. The summed E-state index contributed by atoms with van der Waals surface area (Å²) in [5.74, 6) is -0.416. The van der Waals surface area contributed by atoms with Gasteiger partial charge in [0.2, 0.25) is 0 Å². The molecule has 0 bridgehead atoms.